The first-order chi connectivity index (χ1) is 14.7. The van der Waals surface area contributed by atoms with Gasteiger partial charge in [-0.15, -0.1) is 0 Å². The predicted molar refractivity (Wildman–Crippen MR) is 118 cm³/mol. The van der Waals surface area contributed by atoms with Crippen molar-refractivity contribution in [2.45, 2.75) is 45.4 Å². The van der Waals surface area contributed by atoms with Gasteiger partial charge in [0.15, 0.2) is 5.90 Å². The van der Waals surface area contributed by atoms with Crippen LogP contribution in [0.2, 0.25) is 0 Å². The van der Waals surface area contributed by atoms with Gasteiger partial charge in [-0.1, -0.05) is 13.8 Å². The molecule has 2 aromatic carbocycles. The number of amides is 1. The minimum absolute atomic E-state index is 0.101. The molecule has 1 aliphatic carbocycles. The quantitative estimate of drug-likeness (QED) is 0.383. The highest BCUT2D eigenvalue weighted by Gasteiger charge is 2.39. The number of hydrogen-bond donors (Lipinski definition) is 3. The molecule has 6 nitrogen and oxygen atoms in total. The minimum Gasteiger partial charge on any atom is -0.508 e. The number of carbonyl (C=O) groups is 1. The summed E-state index contributed by atoms with van der Waals surface area (Å²) in [5.74, 6) is -0.0328. The number of rotatable bonds is 4. The molecular weight excluding hydrogens is 397 g/mol. The number of fused-ring (bicyclic) bond motifs is 1. The molecule has 1 fully saturated rings. The third kappa shape index (κ3) is 3.65. The number of phenolic OH excluding ortho intramolecular Hbond substituents is 1. The van der Waals surface area contributed by atoms with Crippen molar-refractivity contribution in [3.8, 4) is 11.4 Å². The number of ether oxygens (including phenoxy) is 1. The molecule has 1 aliphatic rings. The summed E-state index contributed by atoms with van der Waals surface area (Å²) in [6, 6.07) is 10.4. The highest BCUT2D eigenvalue weighted by molar-refractivity contribution is 5.91. The number of aromatic hydroxyl groups is 1. The minimum atomic E-state index is -0.968. The summed E-state index contributed by atoms with van der Waals surface area (Å²) < 4.78 is 20.8. The van der Waals surface area contributed by atoms with E-state index in [4.69, 9.17) is 15.9 Å². The van der Waals surface area contributed by atoms with Crippen molar-refractivity contribution in [3.05, 3.63) is 59.0 Å². The number of benzene rings is 2. The average Bonchev–Trinajstić information content (AvgIpc) is 2.96. The molecule has 0 spiro atoms. The van der Waals surface area contributed by atoms with Gasteiger partial charge in [0.2, 0.25) is 0 Å². The van der Waals surface area contributed by atoms with E-state index in [1.54, 1.807) is 25.1 Å². The molecule has 0 aliphatic heterocycles. The molecule has 0 atom stereocenters. The van der Waals surface area contributed by atoms with Gasteiger partial charge < -0.3 is 20.1 Å². The zero-order valence-corrected chi connectivity index (χ0v) is 17.8. The van der Waals surface area contributed by atoms with Crippen molar-refractivity contribution in [1.82, 2.24) is 4.57 Å². The first-order valence-corrected chi connectivity index (χ1v) is 10.4. The summed E-state index contributed by atoms with van der Waals surface area (Å²) in [4.78, 5) is 11.0. The molecule has 7 heteroatoms. The lowest BCUT2D eigenvalue weighted by Gasteiger charge is -2.36. The smallest absolute Gasteiger partial charge is 0.411 e. The molecule has 0 unspecified atom stereocenters. The zero-order valence-electron chi connectivity index (χ0n) is 17.8. The van der Waals surface area contributed by atoms with Gasteiger partial charge in [-0.2, -0.15) is 0 Å². The third-order valence-corrected chi connectivity index (χ3v) is 6.10. The van der Waals surface area contributed by atoms with Crippen LogP contribution in [0.4, 0.5) is 9.18 Å². The Morgan fingerprint density at radius 3 is 2.58 bits per heavy atom. The van der Waals surface area contributed by atoms with Crippen LogP contribution in [0.1, 0.15) is 55.3 Å². The number of nitrogens with zero attached hydrogens (tertiary/aromatic N) is 1. The normalized spacial score (nSPS) is 18.2. The monoisotopic (exact) mass is 423 g/mol. The van der Waals surface area contributed by atoms with E-state index in [9.17, 15) is 14.3 Å². The highest BCUT2D eigenvalue weighted by atomic mass is 19.1. The van der Waals surface area contributed by atoms with Crippen molar-refractivity contribution in [2.75, 3.05) is 0 Å². The Hall–Kier alpha value is -3.35. The van der Waals surface area contributed by atoms with Gasteiger partial charge >= 0.3 is 6.09 Å². The van der Waals surface area contributed by atoms with E-state index in [0.717, 1.165) is 27.8 Å². The molecule has 0 bridgehead atoms. The van der Waals surface area contributed by atoms with Gasteiger partial charge in [0.25, 0.3) is 0 Å². The number of hydrogen-bond acceptors (Lipinski definition) is 4. The second-order valence-electron chi connectivity index (χ2n) is 8.57. The first kappa shape index (κ1) is 20.9. The van der Waals surface area contributed by atoms with E-state index in [-0.39, 0.29) is 35.2 Å². The number of halogens is 1. The lowest BCUT2D eigenvalue weighted by atomic mass is 9.70. The lowest BCUT2D eigenvalue weighted by molar-refractivity contribution is 0.196. The SMILES string of the molecule is Cc1cc(-n2c(C(C)C)c(C3CC(C(=N)OC(N)=O)C3)c3cc(O)ccc32)ccc1F. The molecule has 0 saturated heterocycles. The summed E-state index contributed by atoms with van der Waals surface area (Å²) in [7, 11) is 0. The number of nitrogens with one attached hydrogen (secondary N) is 1. The van der Waals surface area contributed by atoms with E-state index in [2.05, 4.69) is 18.4 Å². The van der Waals surface area contributed by atoms with Crippen molar-refractivity contribution >= 4 is 22.9 Å². The van der Waals surface area contributed by atoms with Crippen LogP contribution in [0.3, 0.4) is 0 Å². The lowest BCUT2D eigenvalue weighted by Crippen LogP contribution is -2.33. The molecule has 4 N–H and O–H groups in total. The van der Waals surface area contributed by atoms with E-state index in [1.807, 2.05) is 12.1 Å². The fourth-order valence-corrected chi connectivity index (χ4v) is 4.63. The van der Waals surface area contributed by atoms with Crippen molar-refractivity contribution < 1.29 is 19.0 Å². The number of carbonyl (C=O) groups excluding carboxylic acids is 1. The second kappa shape index (κ2) is 7.72. The number of aryl methyl sites for hydroxylation is 1. The molecule has 1 heterocycles. The summed E-state index contributed by atoms with van der Waals surface area (Å²) in [5, 5.41) is 19.1. The summed E-state index contributed by atoms with van der Waals surface area (Å²) in [6.45, 7) is 5.96. The van der Waals surface area contributed by atoms with Crippen LogP contribution in [0.15, 0.2) is 36.4 Å². The Kier molecular flexibility index (Phi) is 5.21. The number of aromatic nitrogens is 1. The van der Waals surface area contributed by atoms with Crippen molar-refractivity contribution in [2.24, 2.45) is 11.7 Å². The van der Waals surface area contributed by atoms with Gasteiger partial charge in [0.1, 0.15) is 11.6 Å². The summed E-state index contributed by atoms with van der Waals surface area (Å²) in [5.41, 5.74) is 9.62. The topological polar surface area (TPSA) is 101 Å². The van der Waals surface area contributed by atoms with Gasteiger partial charge in [-0.05, 0) is 79.1 Å². The molecule has 31 heavy (non-hydrogen) atoms. The van der Waals surface area contributed by atoms with E-state index >= 15 is 0 Å². The predicted octanol–water partition coefficient (Wildman–Crippen LogP) is 5.47. The van der Waals surface area contributed by atoms with Gasteiger partial charge in [-0.3, -0.25) is 5.41 Å². The molecule has 1 amide bonds. The molecule has 162 valence electrons. The zero-order chi connectivity index (χ0) is 22.4. The molecule has 1 aromatic heterocycles. The van der Waals surface area contributed by atoms with Crippen LogP contribution in [-0.2, 0) is 4.74 Å². The number of phenols is 1. The Bertz CT molecular complexity index is 1190. The van der Waals surface area contributed by atoms with E-state index < -0.39 is 6.09 Å². The fourth-order valence-electron chi connectivity index (χ4n) is 4.63. The summed E-state index contributed by atoms with van der Waals surface area (Å²) >= 11 is 0. The van der Waals surface area contributed by atoms with Crippen LogP contribution < -0.4 is 5.73 Å². The van der Waals surface area contributed by atoms with E-state index in [1.165, 1.54) is 6.07 Å². The van der Waals surface area contributed by atoms with Gasteiger partial charge in [-0.25, -0.2) is 9.18 Å². The Labute approximate surface area is 179 Å². The maximum absolute atomic E-state index is 13.9. The number of primary amides is 1. The molecule has 0 radical (unpaired) electrons. The standard InChI is InChI=1S/C24H26FN3O3/c1-12(2)22-21(14-9-15(10-14)23(26)31-24(27)30)18-11-17(29)5-7-20(18)28(22)16-4-6-19(25)13(3)8-16/h4-8,11-12,14-15,26,29H,9-10H2,1-3H3,(H2,27,30). The van der Waals surface area contributed by atoms with Crippen molar-refractivity contribution in [3.63, 3.8) is 0 Å². The maximum atomic E-state index is 13.9. The largest absolute Gasteiger partial charge is 0.508 e. The van der Waals surface area contributed by atoms with Crippen LogP contribution in [0.5, 0.6) is 5.75 Å². The fraction of sp³-hybridized carbons (Fsp3) is 0.333. The Balaban J connectivity index is 1.85. The Morgan fingerprint density at radius 2 is 1.97 bits per heavy atom. The Morgan fingerprint density at radius 1 is 1.26 bits per heavy atom. The van der Waals surface area contributed by atoms with Crippen LogP contribution in [0, 0.1) is 24.1 Å². The van der Waals surface area contributed by atoms with Crippen molar-refractivity contribution in [1.29, 1.82) is 5.41 Å². The first-order valence-electron chi connectivity index (χ1n) is 10.4. The van der Waals surface area contributed by atoms with Gasteiger partial charge in [0, 0.05) is 22.7 Å². The molecule has 1 saturated carbocycles. The van der Waals surface area contributed by atoms with E-state index in [0.29, 0.717) is 18.4 Å². The van der Waals surface area contributed by atoms with Crippen LogP contribution >= 0.6 is 0 Å². The molecule has 3 aromatic rings. The second-order valence-corrected chi connectivity index (χ2v) is 8.57. The highest BCUT2D eigenvalue weighted by Crippen LogP contribution is 2.49. The van der Waals surface area contributed by atoms with Gasteiger partial charge in [0.05, 0.1) is 5.52 Å². The molecular formula is C24H26FN3O3. The maximum Gasteiger partial charge on any atom is 0.411 e. The van der Waals surface area contributed by atoms with Crippen LogP contribution in [-0.4, -0.2) is 21.7 Å². The average molecular weight is 423 g/mol. The molecule has 4 rings (SSSR count). The number of nitrogens with two attached hydrogens (primary N) is 1. The van der Waals surface area contributed by atoms with Crippen LogP contribution in [0.25, 0.3) is 16.6 Å². The summed E-state index contributed by atoms with van der Waals surface area (Å²) in [6.07, 6.45) is 0.344. The third-order valence-electron chi connectivity index (χ3n) is 6.10.